The van der Waals surface area contributed by atoms with Gasteiger partial charge >= 0.3 is 0 Å². The van der Waals surface area contributed by atoms with Crippen LogP contribution in [-0.4, -0.2) is 33.9 Å². The van der Waals surface area contributed by atoms with Gasteiger partial charge in [-0.2, -0.15) is 25.3 Å². The van der Waals surface area contributed by atoms with E-state index in [1.54, 1.807) is 0 Å². The van der Waals surface area contributed by atoms with Crippen LogP contribution in [0.2, 0.25) is 0 Å². The minimum Gasteiger partial charge on any atom is -0.185 e. The molecule has 0 bridgehead atoms. The molecule has 0 N–H and O–H groups in total. The SMILES string of the molecule is CCSN([SH](C)C)[SH](C)C. The van der Waals surface area contributed by atoms with Crippen molar-refractivity contribution in [3.05, 3.63) is 0 Å². The zero-order valence-corrected chi connectivity index (χ0v) is 10.1. The molecule has 0 saturated carbocycles. The third kappa shape index (κ3) is 4.01. The fourth-order valence-corrected chi connectivity index (χ4v) is 6.34. The lowest BCUT2D eigenvalue weighted by Crippen LogP contribution is -2.05. The van der Waals surface area contributed by atoms with Crippen molar-refractivity contribution >= 4 is 34.1 Å². The second-order valence-corrected chi connectivity index (χ2v) is 8.61. The monoisotopic (exact) mass is 201 g/mol. The second-order valence-electron chi connectivity index (χ2n) is 2.36. The quantitative estimate of drug-likeness (QED) is 0.531. The molecule has 0 atom stereocenters. The summed E-state index contributed by atoms with van der Waals surface area (Å²) in [5.41, 5.74) is 0. The highest BCUT2D eigenvalue weighted by atomic mass is 32.3. The van der Waals surface area contributed by atoms with Crippen LogP contribution < -0.4 is 0 Å². The van der Waals surface area contributed by atoms with Gasteiger partial charge in [-0.25, -0.2) is 0 Å². The van der Waals surface area contributed by atoms with E-state index < -0.39 is 0 Å². The lowest BCUT2D eigenvalue weighted by molar-refractivity contribution is 1.24. The second kappa shape index (κ2) is 5.63. The van der Waals surface area contributed by atoms with E-state index in [9.17, 15) is 0 Å². The first-order valence-corrected chi connectivity index (χ1v) is 8.69. The van der Waals surface area contributed by atoms with Gasteiger partial charge in [-0.15, -0.1) is 0 Å². The van der Waals surface area contributed by atoms with Crippen LogP contribution in [0.15, 0.2) is 0 Å². The average molecular weight is 201 g/mol. The fraction of sp³-hybridized carbons (Fsp3) is 1.00. The molecular weight excluding hydrogens is 182 g/mol. The topological polar surface area (TPSA) is 3.24 Å². The van der Waals surface area contributed by atoms with Crippen molar-refractivity contribution in [1.29, 1.82) is 0 Å². The van der Waals surface area contributed by atoms with Crippen LogP contribution in [0.5, 0.6) is 0 Å². The van der Waals surface area contributed by atoms with Crippen LogP contribution in [0.4, 0.5) is 0 Å². The third-order valence-corrected chi connectivity index (χ3v) is 7.59. The zero-order valence-electron chi connectivity index (χ0n) is 7.46. The molecule has 0 fully saturated rings. The van der Waals surface area contributed by atoms with Gasteiger partial charge in [-0.1, -0.05) is 18.9 Å². The molecule has 0 rings (SSSR count). The first-order chi connectivity index (χ1) is 4.59. The lowest BCUT2D eigenvalue weighted by atomic mass is 11.0. The average Bonchev–Trinajstić information content (AvgIpc) is 1.81. The highest BCUT2D eigenvalue weighted by Gasteiger charge is 2.06. The van der Waals surface area contributed by atoms with E-state index in [-0.39, 0.29) is 22.2 Å². The van der Waals surface area contributed by atoms with Crippen LogP contribution in [0.1, 0.15) is 6.92 Å². The molecule has 0 heterocycles. The summed E-state index contributed by atoms with van der Waals surface area (Å²) in [6, 6.07) is 0. The van der Waals surface area contributed by atoms with Gasteiger partial charge in [0, 0.05) is 5.75 Å². The molecule has 0 amide bonds. The van der Waals surface area contributed by atoms with Gasteiger partial charge in [0.25, 0.3) is 0 Å². The number of hydrogen-bond acceptors (Lipinski definition) is 2. The molecular formula is C6H19NS3. The summed E-state index contributed by atoms with van der Waals surface area (Å²) in [4.78, 5) is 0. The molecule has 10 heavy (non-hydrogen) atoms. The van der Waals surface area contributed by atoms with Crippen molar-refractivity contribution in [1.82, 2.24) is 3.12 Å². The van der Waals surface area contributed by atoms with Crippen LogP contribution in [-0.2, 0) is 0 Å². The third-order valence-electron chi connectivity index (χ3n) is 0.929. The van der Waals surface area contributed by atoms with Crippen molar-refractivity contribution in [3.8, 4) is 0 Å². The first-order valence-electron chi connectivity index (χ1n) is 3.37. The van der Waals surface area contributed by atoms with Gasteiger partial charge in [0.15, 0.2) is 0 Å². The molecule has 0 unspecified atom stereocenters. The van der Waals surface area contributed by atoms with Crippen molar-refractivity contribution in [2.24, 2.45) is 0 Å². The number of nitrogens with zero attached hydrogens (tertiary/aromatic N) is 1. The van der Waals surface area contributed by atoms with Gasteiger partial charge in [0.05, 0.1) is 0 Å². The van der Waals surface area contributed by atoms with Crippen LogP contribution >= 0.6 is 34.1 Å². The molecule has 0 aromatic carbocycles. The van der Waals surface area contributed by atoms with E-state index in [4.69, 9.17) is 0 Å². The molecule has 0 saturated heterocycles. The Hall–Kier alpha value is 1.01. The normalized spacial score (nSPS) is 13.8. The van der Waals surface area contributed by atoms with Crippen molar-refractivity contribution < 1.29 is 0 Å². The summed E-state index contributed by atoms with van der Waals surface area (Å²) in [5, 5.41) is 0. The molecule has 66 valence electrons. The summed E-state index contributed by atoms with van der Waals surface area (Å²) in [5.74, 6) is 1.21. The predicted octanol–water partition coefficient (Wildman–Crippen LogP) is 2.31. The molecule has 1 nitrogen and oxygen atoms in total. The largest absolute Gasteiger partial charge is 0.185 e. The highest BCUT2D eigenvalue weighted by Crippen LogP contribution is 2.43. The smallest absolute Gasteiger partial charge is 0.00685 e. The minimum atomic E-state index is 0.116. The van der Waals surface area contributed by atoms with E-state index in [0.717, 1.165) is 0 Å². The Balaban J connectivity index is 3.73. The maximum Gasteiger partial charge on any atom is 0.00685 e. The van der Waals surface area contributed by atoms with E-state index in [2.05, 4.69) is 35.1 Å². The Morgan fingerprint density at radius 2 is 1.50 bits per heavy atom. The van der Waals surface area contributed by atoms with Crippen LogP contribution in [0, 0.1) is 0 Å². The van der Waals surface area contributed by atoms with Gasteiger partial charge in [0.2, 0.25) is 0 Å². The zero-order chi connectivity index (χ0) is 8.15. The van der Waals surface area contributed by atoms with Gasteiger partial charge < -0.3 is 0 Å². The van der Waals surface area contributed by atoms with Crippen molar-refractivity contribution in [2.75, 3.05) is 30.8 Å². The van der Waals surface area contributed by atoms with E-state index in [1.807, 2.05) is 11.9 Å². The molecule has 0 radical (unpaired) electrons. The summed E-state index contributed by atoms with van der Waals surface area (Å²) in [7, 11) is 0. The van der Waals surface area contributed by atoms with Crippen LogP contribution in [0.25, 0.3) is 0 Å². The van der Waals surface area contributed by atoms with E-state index >= 15 is 0 Å². The molecule has 0 aromatic heterocycles. The van der Waals surface area contributed by atoms with Gasteiger partial charge in [-0.3, -0.25) is 0 Å². The number of rotatable bonds is 4. The molecule has 0 aliphatic carbocycles. The molecule has 0 aliphatic rings. The molecule has 0 aromatic rings. The molecule has 0 aliphatic heterocycles. The van der Waals surface area contributed by atoms with Crippen molar-refractivity contribution in [3.63, 3.8) is 0 Å². The molecule has 4 heteroatoms. The van der Waals surface area contributed by atoms with E-state index in [1.165, 1.54) is 5.75 Å². The fourth-order valence-electron chi connectivity index (χ4n) is 0.704. The molecule has 0 spiro atoms. The summed E-state index contributed by atoms with van der Waals surface area (Å²) in [6.45, 7) is 2.22. The first kappa shape index (κ1) is 11.0. The Morgan fingerprint density at radius 3 is 1.60 bits per heavy atom. The lowest BCUT2D eigenvalue weighted by Gasteiger charge is -2.33. The predicted molar refractivity (Wildman–Crippen MR) is 61.6 cm³/mol. The standard InChI is InChI=1S/C6H19NS3/c1-6-8-7(9(2)3)10(4)5/h9-10H,6H2,1-5H3. The Labute approximate surface area is 75.0 Å². The number of hydrogen-bond donors (Lipinski definition) is 2. The maximum atomic E-state index is 2.56. The number of thiol groups is 2. The van der Waals surface area contributed by atoms with Gasteiger partial charge in [-0.05, 0) is 25.0 Å². The maximum absolute atomic E-state index is 2.56. The summed E-state index contributed by atoms with van der Waals surface area (Å²) >= 11 is 2.22. The summed E-state index contributed by atoms with van der Waals surface area (Å²) in [6.07, 6.45) is 9.28. The Bertz CT molecular complexity index is 77.1. The van der Waals surface area contributed by atoms with Gasteiger partial charge in [0.1, 0.15) is 0 Å². The Morgan fingerprint density at radius 1 is 1.10 bits per heavy atom. The Kier molecular flexibility index (Phi) is 6.20. The van der Waals surface area contributed by atoms with E-state index in [0.29, 0.717) is 0 Å². The summed E-state index contributed by atoms with van der Waals surface area (Å²) < 4.78 is 2.56. The minimum absolute atomic E-state index is 0.116. The van der Waals surface area contributed by atoms with Crippen LogP contribution in [0.3, 0.4) is 0 Å². The highest BCUT2D eigenvalue weighted by molar-refractivity contribution is 8.37. The van der Waals surface area contributed by atoms with Crippen molar-refractivity contribution in [2.45, 2.75) is 6.92 Å².